The normalized spacial score (nSPS) is 30.8. The minimum Gasteiger partial charge on any atom is -0.380 e. The van der Waals surface area contributed by atoms with Crippen molar-refractivity contribution >= 4 is 17.2 Å². The van der Waals surface area contributed by atoms with E-state index in [0.717, 1.165) is 64.0 Å². The van der Waals surface area contributed by atoms with Crippen LogP contribution in [0.2, 0.25) is 0 Å². The van der Waals surface area contributed by atoms with E-state index in [1.165, 1.54) is 10.4 Å². The second-order valence-corrected chi connectivity index (χ2v) is 8.75. The lowest BCUT2D eigenvalue weighted by Gasteiger charge is -2.36. The van der Waals surface area contributed by atoms with Crippen molar-refractivity contribution in [3.05, 3.63) is 21.4 Å². The van der Waals surface area contributed by atoms with Gasteiger partial charge in [-0.05, 0) is 25.5 Å². The molecule has 0 bridgehead atoms. The summed E-state index contributed by atoms with van der Waals surface area (Å²) in [6.07, 6.45) is 0. The van der Waals surface area contributed by atoms with Crippen molar-refractivity contribution in [3.63, 3.8) is 0 Å². The van der Waals surface area contributed by atoms with E-state index in [2.05, 4.69) is 23.6 Å². The van der Waals surface area contributed by atoms with E-state index in [1.54, 1.807) is 11.3 Å². The number of nitrogens with zero attached hydrogens (tertiary/aromatic N) is 2. The summed E-state index contributed by atoms with van der Waals surface area (Å²) >= 11 is 1.62. The van der Waals surface area contributed by atoms with E-state index >= 15 is 0 Å². The van der Waals surface area contributed by atoms with Gasteiger partial charge < -0.3 is 14.4 Å². The lowest BCUT2D eigenvalue weighted by atomic mass is 9.80. The minimum atomic E-state index is 0.106. The first-order valence-corrected chi connectivity index (χ1v) is 9.63. The first-order valence-electron chi connectivity index (χ1n) is 8.82. The maximum atomic E-state index is 12.9. The van der Waals surface area contributed by atoms with E-state index in [1.807, 2.05) is 6.07 Å². The molecular weight excluding hydrogens is 324 g/mol. The molecule has 1 aromatic heterocycles. The highest BCUT2D eigenvalue weighted by molar-refractivity contribution is 7.14. The second kappa shape index (κ2) is 6.41. The summed E-state index contributed by atoms with van der Waals surface area (Å²) in [5.74, 6) is 0.665. The van der Waals surface area contributed by atoms with Crippen LogP contribution < -0.4 is 0 Å². The van der Waals surface area contributed by atoms with Gasteiger partial charge in [0, 0.05) is 48.9 Å². The molecular formula is C18H26N2O3S. The quantitative estimate of drug-likeness (QED) is 0.833. The van der Waals surface area contributed by atoms with Gasteiger partial charge in [0.2, 0.25) is 0 Å². The van der Waals surface area contributed by atoms with Gasteiger partial charge >= 0.3 is 0 Å². The Morgan fingerprint density at radius 3 is 2.83 bits per heavy atom. The predicted molar refractivity (Wildman–Crippen MR) is 93.7 cm³/mol. The number of carbonyl (C=O) groups excluding carboxylic acids is 1. The molecule has 3 aliphatic rings. The smallest absolute Gasteiger partial charge is 0.263 e. The Bertz CT molecular complexity index is 606. The van der Waals surface area contributed by atoms with Crippen molar-refractivity contribution in [1.82, 2.24) is 9.80 Å². The Kier molecular flexibility index (Phi) is 4.41. The van der Waals surface area contributed by atoms with Gasteiger partial charge in [0.25, 0.3) is 5.91 Å². The molecule has 3 aliphatic heterocycles. The van der Waals surface area contributed by atoms with Crippen molar-refractivity contribution in [2.75, 3.05) is 59.2 Å². The monoisotopic (exact) mass is 350 g/mol. The van der Waals surface area contributed by atoms with Gasteiger partial charge in [-0.15, -0.1) is 11.3 Å². The van der Waals surface area contributed by atoms with Gasteiger partial charge in [-0.3, -0.25) is 9.69 Å². The third-order valence-electron chi connectivity index (χ3n) is 5.83. The number of amides is 1. The highest BCUT2D eigenvalue weighted by Gasteiger charge is 2.52. The SMILES string of the molecule is Cc1cc(C(=O)N2C[C@H]3COC[C@@]3(CN3CCOCC3)C2)sc1C. The molecule has 0 N–H and O–H groups in total. The molecule has 5 nitrogen and oxygen atoms in total. The number of hydrogen-bond acceptors (Lipinski definition) is 5. The third-order valence-corrected chi connectivity index (χ3v) is 6.97. The van der Waals surface area contributed by atoms with Gasteiger partial charge in [0.15, 0.2) is 0 Å². The van der Waals surface area contributed by atoms with E-state index in [0.29, 0.717) is 5.92 Å². The van der Waals surface area contributed by atoms with Crippen LogP contribution >= 0.6 is 11.3 Å². The van der Waals surface area contributed by atoms with Crippen molar-refractivity contribution in [2.24, 2.45) is 11.3 Å². The molecule has 3 fully saturated rings. The standard InChI is InChI=1S/C18H26N2O3S/c1-13-7-16(24-14(13)2)17(21)20-8-15-9-23-12-18(15,11-20)10-19-3-5-22-6-4-19/h7,15H,3-6,8-12H2,1-2H3/t15-,18+/m0/s1. The summed E-state index contributed by atoms with van der Waals surface area (Å²) in [5.41, 5.74) is 1.32. The molecule has 0 radical (unpaired) electrons. The molecule has 4 heterocycles. The van der Waals surface area contributed by atoms with Crippen LogP contribution in [0.5, 0.6) is 0 Å². The fourth-order valence-corrected chi connectivity index (χ4v) is 5.25. The number of fused-ring (bicyclic) bond motifs is 1. The van der Waals surface area contributed by atoms with Crippen LogP contribution in [0.15, 0.2) is 6.07 Å². The molecule has 0 saturated carbocycles. The molecule has 2 atom stereocenters. The van der Waals surface area contributed by atoms with Crippen LogP contribution in [0.25, 0.3) is 0 Å². The summed E-state index contributed by atoms with van der Waals surface area (Å²) in [7, 11) is 0. The average Bonchev–Trinajstić information content (AvgIpc) is 3.20. The maximum Gasteiger partial charge on any atom is 0.263 e. The number of morpholine rings is 1. The number of aryl methyl sites for hydroxylation is 2. The van der Waals surface area contributed by atoms with E-state index in [9.17, 15) is 4.79 Å². The topological polar surface area (TPSA) is 42.0 Å². The van der Waals surface area contributed by atoms with Crippen molar-refractivity contribution in [3.8, 4) is 0 Å². The summed E-state index contributed by atoms with van der Waals surface area (Å²) < 4.78 is 11.3. The predicted octanol–water partition coefficient (Wildman–Crippen LogP) is 1.79. The van der Waals surface area contributed by atoms with Crippen molar-refractivity contribution < 1.29 is 14.3 Å². The summed E-state index contributed by atoms with van der Waals surface area (Å²) in [4.78, 5) is 19.6. The van der Waals surface area contributed by atoms with Gasteiger partial charge in [0.1, 0.15) is 0 Å². The molecule has 24 heavy (non-hydrogen) atoms. The van der Waals surface area contributed by atoms with Crippen LogP contribution in [-0.4, -0.2) is 74.9 Å². The molecule has 0 unspecified atom stereocenters. The Labute approximate surface area is 147 Å². The zero-order valence-corrected chi connectivity index (χ0v) is 15.4. The molecule has 3 saturated heterocycles. The first kappa shape index (κ1) is 16.5. The van der Waals surface area contributed by atoms with Crippen LogP contribution in [-0.2, 0) is 9.47 Å². The number of carbonyl (C=O) groups is 1. The first-order chi connectivity index (χ1) is 11.6. The molecule has 0 aromatic carbocycles. The van der Waals surface area contributed by atoms with Crippen LogP contribution in [0.1, 0.15) is 20.1 Å². The molecule has 4 rings (SSSR count). The van der Waals surface area contributed by atoms with Gasteiger partial charge in [-0.2, -0.15) is 0 Å². The fraction of sp³-hybridized carbons (Fsp3) is 0.722. The molecule has 6 heteroatoms. The lowest BCUT2D eigenvalue weighted by Crippen LogP contribution is -2.47. The summed E-state index contributed by atoms with van der Waals surface area (Å²) in [6, 6.07) is 2.04. The Morgan fingerprint density at radius 2 is 2.12 bits per heavy atom. The maximum absolute atomic E-state index is 12.9. The third kappa shape index (κ3) is 2.90. The molecule has 0 aliphatic carbocycles. The molecule has 132 valence electrons. The highest BCUT2D eigenvalue weighted by atomic mass is 32.1. The fourth-order valence-electron chi connectivity index (χ4n) is 4.25. The minimum absolute atomic E-state index is 0.106. The van der Waals surface area contributed by atoms with Crippen molar-refractivity contribution in [2.45, 2.75) is 13.8 Å². The van der Waals surface area contributed by atoms with E-state index in [4.69, 9.17) is 9.47 Å². The summed E-state index contributed by atoms with van der Waals surface area (Å²) in [5, 5.41) is 0. The molecule has 1 aromatic rings. The van der Waals surface area contributed by atoms with E-state index < -0.39 is 0 Å². The summed E-state index contributed by atoms with van der Waals surface area (Å²) in [6.45, 7) is 12.0. The molecule has 0 spiro atoms. The zero-order valence-electron chi connectivity index (χ0n) is 14.5. The largest absolute Gasteiger partial charge is 0.380 e. The van der Waals surface area contributed by atoms with Gasteiger partial charge in [-0.25, -0.2) is 0 Å². The lowest BCUT2D eigenvalue weighted by molar-refractivity contribution is 0.0104. The Morgan fingerprint density at radius 1 is 1.33 bits per heavy atom. The highest BCUT2D eigenvalue weighted by Crippen LogP contribution is 2.42. The average molecular weight is 350 g/mol. The van der Waals surface area contributed by atoms with Crippen LogP contribution in [0, 0.1) is 25.2 Å². The van der Waals surface area contributed by atoms with Gasteiger partial charge in [0.05, 0.1) is 31.3 Å². The Balaban J connectivity index is 1.49. The van der Waals surface area contributed by atoms with Gasteiger partial charge in [-0.1, -0.05) is 0 Å². The number of ether oxygens (including phenoxy) is 2. The Hall–Kier alpha value is -0.950. The number of rotatable bonds is 3. The zero-order chi connectivity index (χ0) is 16.7. The number of hydrogen-bond donors (Lipinski definition) is 0. The second-order valence-electron chi connectivity index (χ2n) is 7.50. The van der Waals surface area contributed by atoms with Crippen LogP contribution in [0.3, 0.4) is 0 Å². The van der Waals surface area contributed by atoms with E-state index in [-0.39, 0.29) is 11.3 Å². The molecule has 1 amide bonds. The van der Waals surface area contributed by atoms with Crippen LogP contribution in [0.4, 0.5) is 0 Å². The number of thiophene rings is 1. The number of likely N-dealkylation sites (tertiary alicyclic amines) is 1. The van der Waals surface area contributed by atoms with Crippen molar-refractivity contribution in [1.29, 1.82) is 0 Å².